The maximum Gasteiger partial charge on any atom is 0.326 e. The number of nitrogens with zero attached hydrogens (tertiary/aromatic N) is 1. The first-order chi connectivity index (χ1) is 8.74. The molecule has 1 aliphatic rings. The number of carboxylic acid groups (broad SMARTS) is 1. The normalized spacial score (nSPS) is 19.6. The molecule has 1 saturated heterocycles. The van der Waals surface area contributed by atoms with Crippen LogP contribution in [-0.2, 0) is 14.3 Å². The first-order valence-electron chi connectivity index (χ1n) is 5.91. The van der Waals surface area contributed by atoms with Crippen molar-refractivity contribution >= 4 is 17.9 Å². The molecule has 1 heterocycles. The summed E-state index contributed by atoms with van der Waals surface area (Å²) < 4.78 is 5.27. The summed E-state index contributed by atoms with van der Waals surface area (Å²) in [7, 11) is 0. The Morgan fingerprint density at radius 1 is 1.47 bits per heavy atom. The smallest absolute Gasteiger partial charge is 0.326 e. The zero-order valence-electron chi connectivity index (χ0n) is 11.0. The molecule has 108 valence electrons. The minimum Gasteiger partial charge on any atom is -0.480 e. The van der Waals surface area contributed by atoms with E-state index in [0.29, 0.717) is 19.8 Å². The third-order valence-electron chi connectivity index (χ3n) is 2.89. The van der Waals surface area contributed by atoms with E-state index >= 15 is 0 Å². The lowest BCUT2D eigenvalue weighted by atomic mass is 10.0. The summed E-state index contributed by atoms with van der Waals surface area (Å²) in [4.78, 5) is 35.3. The lowest BCUT2D eigenvalue weighted by Gasteiger charge is -2.42. The van der Waals surface area contributed by atoms with E-state index < -0.39 is 35.9 Å². The molecule has 4 N–H and O–H groups in total. The van der Waals surface area contributed by atoms with E-state index in [0.717, 1.165) is 0 Å². The molecule has 0 aromatic carbocycles. The number of carbonyl (C=O) groups is 3. The molecule has 1 atom stereocenters. The van der Waals surface area contributed by atoms with Crippen LogP contribution in [0.3, 0.4) is 0 Å². The van der Waals surface area contributed by atoms with E-state index in [1.54, 1.807) is 0 Å². The minimum atomic E-state index is -1.32. The second kappa shape index (κ2) is 5.87. The van der Waals surface area contributed by atoms with Crippen LogP contribution in [0.25, 0.3) is 0 Å². The van der Waals surface area contributed by atoms with Crippen molar-refractivity contribution in [2.45, 2.75) is 31.8 Å². The molecule has 0 unspecified atom stereocenters. The Balaban J connectivity index is 2.70. The van der Waals surface area contributed by atoms with Gasteiger partial charge in [0.15, 0.2) is 0 Å². The zero-order valence-corrected chi connectivity index (χ0v) is 11.0. The molecular formula is C11H19N3O5. The second-order valence-electron chi connectivity index (χ2n) is 5.03. The number of nitrogens with two attached hydrogens (primary N) is 1. The van der Waals surface area contributed by atoms with E-state index in [-0.39, 0.29) is 0 Å². The SMILES string of the molecule is CC1(C)COCCN1C(=O)N[C@H](CC(N)=O)C(=O)O. The highest BCUT2D eigenvalue weighted by Crippen LogP contribution is 2.19. The third kappa shape index (κ3) is 4.09. The molecule has 19 heavy (non-hydrogen) atoms. The first kappa shape index (κ1) is 15.2. The molecule has 0 saturated carbocycles. The second-order valence-corrected chi connectivity index (χ2v) is 5.03. The fourth-order valence-corrected chi connectivity index (χ4v) is 1.86. The van der Waals surface area contributed by atoms with Gasteiger partial charge in [-0.2, -0.15) is 0 Å². The van der Waals surface area contributed by atoms with Crippen molar-refractivity contribution in [1.82, 2.24) is 10.2 Å². The van der Waals surface area contributed by atoms with Gasteiger partial charge < -0.3 is 25.8 Å². The Kier molecular flexibility index (Phi) is 4.71. The summed E-state index contributed by atoms with van der Waals surface area (Å²) >= 11 is 0. The average molecular weight is 273 g/mol. The fourth-order valence-electron chi connectivity index (χ4n) is 1.86. The van der Waals surface area contributed by atoms with E-state index in [9.17, 15) is 14.4 Å². The monoisotopic (exact) mass is 273 g/mol. The van der Waals surface area contributed by atoms with Crippen LogP contribution in [0.5, 0.6) is 0 Å². The highest BCUT2D eigenvalue weighted by molar-refractivity contribution is 5.87. The maximum absolute atomic E-state index is 12.1. The van der Waals surface area contributed by atoms with Crippen molar-refractivity contribution in [2.75, 3.05) is 19.8 Å². The van der Waals surface area contributed by atoms with Gasteiger partial charge in [0.1, 0.15) is 6.04 Å². The molecule has 0 aromatic heterocycles. The number of aliphatic carboxylic acids is 1. The maximum atomic E-state index is 12.1. The molecule has 8 nitrogen and oxygen atoms in total. The van der Waals surface area contributed by atoms with Gasteiger partial charge in [0.2, 0.25) is 5.91 Å². The van der Waals surface area contributed by atoms with Gasteiger partial charge in [0, 0.05) is 6.54 Å². The highest BCUT2D eigenvalue weighted by atomic mass is 16.5. The summed E-state index contributed by atoms with van der Waals surface area (Å²) in [6.45, 7) is 4.76. The van der Waals surface area contributed by atoms with Gasteiger partial charge in [-0.05, 0) is 13.8 Å². The number of nitrogens with one attached hydrogen (secondary N) is 1. The number of hydrogen-bond acceptors (Lipinski definition) is 4. The quantitative estimate of drug-likeness (QED) is 0.615. The minimum absolute atomic E-state index is 0.363. The number of morpholine rings is 1. The van der Waals surface area contributed by atoms with E-state index in [1.807, 2.05) is 13.8 Å². The lowest BCUT2D eigenvalue weighted by Crippen LogP contribution is -2.60. The first-order valence-corrected chi connectivity index (χ1v) is 5.91. The van der Waals surface area contributed by atoms with E-state index in [1.165, 1.54) is 4.90 Å². The predicted octanol–water partition coefficient (Wildman–Crippen LogP) is -0.865. The molecule has 1 fully saturated rings. The van der Waals surface area contributed by atoms with Gasteiger partial charge in [-0.3, -0.25) is 4.79 Å². The van der Waals surface area contributed by atoms with Crippen LogP contribution in [0, 0.1) is 0 Å². The van der Waals surface area contributed by atoms with Crippen molar-refractivity contribution in [2.24, 2.45) is 5.73 Å². The van der Waals surface area contributed by atoms with Gasteiger partial charge in [0.25, 0.3) is 0 Å². The van der Waals surface area contributed by atoms with Gasteiger partial charge in [0.05, 0.1) is 25.2 Å². The molecular weight excluding hydrogens is 254 g/mol. The van der Waals surface area contributed by atoms with Crippen molar-refractivity contribution in [1.29, 1.82) is 0 Å². The molecule has 0 aromatic rings. The van der Waals surface area contributed by atoms with Crippen molar-refractivity contribution < 1.29 is 24.2 Å². The van der Waals surface area contributed by atoms with Crippen molar-refractivity contribution in [3.63, 3.8) is 0 Å². The molecule has 0 aliphatic carbocycles. The largest absolute Gasteiger partial charge is 0.480 e. The summed E-state index contributed by atoms with van der Waals surface area (Å²) in [6, 6.07) is -1.86. The van der Waals surface area contributed by atoms with Crippen molar-refractivity contribution in [3.05, 3.63) is 0 Å². The summed E-state index contributed by atoms with van der Waals surface area (Å²) in [5.74, 6) is -2.08. The number of carbonyl (C=O) groups excluding carboxylic acids is 2. The van der Waals surface area contributed by atoms with E-state index in [2.05, 4.69) is 5.32 Å². The van der Waals surface area contributed by atoms with Crippen LogP contribution >= 0.6 is 0 Å². The Bertz CT molecular complexity index is 383. The molecule has 8 heteroatoms. The number of primary amides is 1. The van der Waals surface area contributed by atoms with Gasteiger partial charge in [-0.15, -0.1) is 0 Å². The molecule has 1 aliphatic heterocycles. The Hall–Kier alpha value is -1.83. The molecule has 0 spiro atoms. The molecule has 0 bridgehead atoms. The van der Waals surface area contributed by atoms with Crippen LogP contribution in [0.4, 0.5) is 4.79 Å². The Labute approximate surface area is 110 Å². The van der Waals surface area contributed by atoms with Crippen LogP contribution in [0.2, 0.25) is 0 Å². The zero-order chi connectivity index (χ0) is 14.6. The van der Waals surface area contributed by atoms with Gasteiger partial charge in [-0.25, -0.2) is 9.59 Å². The molecule has 0 radical (unpaired) electrons. The fraction of sp³-hybridized carbons (Fsp3) is 0.727. The standard InChI is InChI=1S/C11H19N3O5/c1-11(2)6-19-4-3-14(11)10(18)13-7(9(16)17)5-8(12)15/h7H,3-6H2,1-2H3,(H2,12,15)(H,13,18)(H,16,17)/t7-/m1/s1. The van der Waals surface area contributed by atoms with Crippen LogP contribution in [-0.4, -0.2) is 59.3 Å². The average Bonchev–Trinajstić information content (AvgIpc) is 2.26. The molecule has 1 rings (SSSR count). The van der Waals surface area contributed by atoms with Crippen LogP contribution in [0.1, 0.15) is 20.3 Å². The number of amides is 3. The number of ether oxygens (including phenoxy) is 1. The summed E-state index contributed by atoms with van der Waals surface area (Å²) in [5, 5.41) is 11.2. The van der Waals surface area contributed by atoms with Gasteiger partial charge >= 0.3 is 12.0 Å². The Morgan fingerprint density at radius 3 is 2.58 bits per heavy atom. The van der Waals surface area contributed by atoms with E-state index in [4.69, 9.17) is 15.6 Å². The third-order valence-corrected chi connectivity index (χ3v) is 2.89. The number of hydrogen-bond donors (Lipinski definition) is 3. The Morgan fingerprint density at radius 2 is 2.11 bits per heavy atom. The lowest BCUT2D eigenvalue weighted by molar-refractivity contribution is -0.141. The predicted molar refractivity (Wildman–Crippen MR) is 65.4 cm³/mol. The summed E-state index contributed by atoms with van der Waals surface area (Å²) in [5.41, 5.74) is 4.42. The van der Waals surface area contributed by atoms with Gasteiger partial charge in [-0.1, -0.05) is 0 Å². The highest BCUT2D eigenvalue weighted by Gasteiger charge is 2.35. The number of rotatable bonds is 4. The topological polar surface area (TPSA) is 122 Å². The number of carboxylic acids is 1. The molecule has 3 amide bonds. The number of urea groups is 1. The van der Waals surface area contributed by atoms with Crippen LogP contribution < -0.4 is 11.1 Å². The van der Waals surface area contributed by atoms with Crippen molar-refractivity contribution in [3.8, 4) is 0 Å². The summed E-state index contributed by atoms with van der Waals surface area (Å²) in [6.07, 6.45) is -0.439. The van der Waals surface area contributed by atoms with Crippen LogP contribution in [0.15, 0.2) is 0 Å².